The van der Waals surface area contributed by atoms with Crippen molar-refractivity contribution in [1.29, 1.82) is 0 Å². The fraction of sp³-hybridized carbons (Fsp3) is 0.354. The molecule has 0 fully saturated rings. The van der Waals surface area contributed by atoms with Crippen LogP contribution in [0.3, 0.4) is 0 Å². The first-order chi connectivity index (χ1) is 31.5. The Balaban J connectivity index is 1.10. The molecule has 2 atom stereocenters. The number of hydrogen-bond acceptors (Lipinski definition) is 11. The second-order valence-corrected chi connectivity index (χ2v) is 16.8. The van der Waals surface area contributed by atoms with Crippen LogP contribution in [0.1, 0.15) is 79.8 Å². The second-order valence-electron chi connectivity index (χ2n) is 16.8. The minimum Gasteiger partial charge on any atom is -0.478 e. The van der Waals surface area contributed by atoms with Gasteiger partial charge >= 0.3 is 12.1 Å². The molecule has 0 radical (unpaired) electrons. The van der Waals surface area contributed by atoms with Crippen LogP contribution in [0.5, 0.6) is 0 Å². The highest BCUT2D eigenvalue weighted by Gasteiger charge is 2.29. The Morgan fingerprint density at radius 1 is 0.818 bits per heavy atom. The van der Waals surface area contributed by atoms with Crippen LogP contribution in [0.4, 0.5) is 16.3 Å². The van der Waals surface area contributed by atoms with Gasteiger partial charge in [-0.2, -0.15) is 0 Å². The van der Waals surface area contributed by atoms with Crippen LogP contribution in [0.25, 0.3) is 21.9 Å². The fourth-order valence-corrected chi connectivity index (χ4v) is 7.38. The minimum absolute atomic E-state index is 0.0416. The van der Waals surface area contributed by atoms with E-state index in [1.54, 1.807) is 44.2 Å². The third-order valence-electron chi connectivity index (χ3n) is 10.9. The molecule has 6 rings (SSSR count). The predicted octanol–water partition coefficient (Wildman–Crippen LogP) is 5.38. The Kier molecular flexibility index (Phi) is 15.6. The van der Waals surface area contributed by atoms with Gasteiger partial charge in [-0.15, -0.1) is 0 Å². The maximum atomic E-state index is 13.4. The number of imidazole rings is 1. The molecule has 0 saturated heterocycles. The minimum atomic E-state index is -1.11. The number of amides is 6. The quantitative estimate of drug-likeness (QED) is 0.0620. The molecule has 3 heterocycles. The molecule has 346 valence electrons. The molecule has 1 aliphatic heterocycles. The van der Waals surface area contributed by atoms with Crippen LogP contribution in [-0.2, 0) is 54.8 Å². The van der Waals surface area contributed by atoms with E-state index in [2.05, 4.69) is 66.9 Å². The van der Waals surface area contributed by atoms with Gasteiger partial charge in [0.15, 0.2) is 5.82 Å². The van der Waals surface area contributed by atoms with Crippen LogP contribution in [0.2, 0.25) is 0 Å². The number of aromatic nitrogens is 3. The first-order valence-corrected chi connectivity index (χ1v) is 21.8. The normalized spacial score (nSPS) is 13.4. The highest BCUT2D eigenvalue weighted by atomic mass is 16.5. The molecule has 2 aromatic heterocycles. The number of pyridine rings is 1. The maximum absolute atomic E-state index is 13.4. The van der Waals surface area contributed by atoms with E-state index in [1.165, 1.54) is 24.6 Å². The Hall–Kier alpha value is -7.47. The molecule has 2 unspecified atom stereocenters. The summed E-state index contributed by atoms with van der Waals surface area (Å²) in [6.45, 7) is 8.06. The number of aryl methyl sites for hydroxylation is 1. The molecule has 5 aromatic rings. The lowest BCUT2D eigenvalue weighted by molar-refractivity contribution is -0.137. The highest BCUT2D eigenvalue weighted by molar-refractivity contribution is 6.13. The van der Waals surface area contributed by atoms with Crippen molar-refractivity contribution < 1.29 is 43.4 Å². The number of hydrogen-bond donors (Lipinski definition) is 5. The van der Waals surface area contributed by atoms with E-state index in [9.17, 15) is 38.7 Å². The lowest BCUT2D eigenvalue weighted by Gasteiger charge is -2.24. The number of carboxylic acids is 1. The van der Waals surface area contributed by atoms with Gasteiger partial charge in [0.05, 0.1) is 16.6 Å². The fourth-order valence-electron chi connectivity index (χ4n) is 7.38. The molecule has 0 saturated carbocycles. The summed E-state index contributed by atoms with van der Waals surface area (Å²) < 4.78 is 7.70. The molecule has 0 aliphatic carbocycles. The van der Waals surface area contributed by atoms with Crippen molar-refractivity contribution >= 4 is 75.0 Å². The van der Waals surface area contributed by atoms with E-state index < -0.39 is 53.7 Å². The van der Waals surface area contributed by atoms with Crippen LogP contribution in [0.15, 0.2) is 78.9 Å². The molecular weight excluding hydrogens is 847 g/mol. The van der Waals surface area contributed by atoms with Crippen LogP contribution >= 0.6 is 0 Å². The first kappa shape index (κ1) is 48.0. The summed E-state index contributed by atoms with van der Waals surface area (Å²) in [6.07, 6.45) is 3.72. The number of carbonyl (C=O) groups is 7. The van der Waals surface area contributed by atoms with E-state index in [0.717, 1.165) is 47.8 Å². The lowest BCUT2D eigenvalue weighted by atomic mass is 10.0. The van der Waals surface area contributed by atoms with Crippen LogP contribution in [-0.4, -0.2) is 104 Å². The molecule has 6 amide bonds. The number of carboxylic acid groups (broad SMARTS) is 1. The van der Waals surface area contributed by atoms with Gasteiger partial charge in [-0.3, -0.25) is 34.2 Å². The molecular formula is C48H55N9O9. The molecule has 0 bridgehead atoms. The van der Waals surface area contributed by atoms with E-state index in [4.69, 9.17) is 9.72 Å². The van der Waals surface area contributed by atoms with Crippen molar-refractivity contribution in [3.05, 3.63) is 107 Å². The largest absolute Gasteiger partial charge is 0.478 e. The van der Waals surface area contributed by atoms with Gasteiger partial charge in [-0.25, -0.2) is 19.6 Å². The highest BCUT2D eigenvalue weighted by Crippen LogP contribution is 2.32. The lowest BCUT2D eigenvalue weighted by Crippen LogP contribution is -2.54. The number of imide groups is 1. The number of nitrogens with zero attached hydrogens (tertiary/aromatic N) is 5. The molecule has 5 N–H and O–H groups in total. The maximum Gasteiger partial charge on any atom is 0.413 e. The molecule has 1 aliphatic rings. The summed E-state index contributed by atoms with van der Waals surface area (Å²) >= 11 is 0. The van der Waals surface area contributed by atoms with Gasteiger partial charge in [0.2, 0.25) is 17.7 Å². The summed E-state index contributed by atoms with van der Waals surface area (Å²) in [5, 5.41) is 21.2. The van der Waals surface area contributed by atoms with Crippen molar-refractivity contribution in [1.82, 2.24) is 35.0 Å². The van der Waals surface area contributed by atoms with Crippen molar-refractivity contribution in [2.45, 2.75) is 85.2 Å². The SMILES string of the molecule is CCCCc1nc2c(NC(=O)OCc3ccc(NC(=O)C(C)NC(=O)C(NC(=O)CCN4C(=O)C=CC4=O)C(C)C)cc3)nc3cc(C(=O)O)ccc3c2n1Cc1ccc(CN(C)C)cc1. The summed E-state index contributed by atoms with van der Waals surface area (Å²) in [4.78, 5) is 101. The zero-order valence-corrected chi connectivity index (χ0v) is 37.8. The number of nitrogens with one attached hydrogen (secondary N) is 4. The zero-order valence-electron chi connectivity index (χ0n) is 37.8. The third kappa shape index (κ3) is 12.0. The Morgan fingerprint density at radius 3 is 2.12 bits per heavy atom. The molecule has 66 heavy (non-hydrogen) atoms. The number of unbranched alkanes of at least 4 members (excludes halogenated alkanes) is 1. The first-order valence-electron chi connectivity index (χ1n) is 21.8. The molecule has 18 nitrogen and oxygen atoms in total. The van der Waals surface area contributed by atoms with Crippen LogP contribution in [0, 0.1) is 5.92 Å². The van der Waals surface area contributed by atoms with Crippen molar-refractivity contribution in [3.63, 3.8) is 0 Å². The molecule has 0 spiro atoms. The Labute approximate surface area is 381 Å². The Bertz CT molecular complexity index is 2660. The van der Waals surface area contributed by atoms with Crippen molar-refractivity contribution in [2.75, 3.05) is 31.3 Å². The number of aromatic carboxylic acids is 1. The number of anilines is 2. The van der Waals surface area contributed by atoms with E-state index in [0.29, 0.717) is 46.2 Å². The monoisotopic (exact) mass is 901 g/mol. The van der Waals surface area contributed by atoms with E-state index in [-0.39, 0.29) is 36.9 Å². The summed E-state index contributed by atoms with van der Waals surface area (Å²) in [7, 11) is 4.04. The second kappa shape index (κ2) is 21.5. The predicted molar refractivity (Wildman–Crippen MR) is 247 cm³/mol. The van der Waals surface area contributed by atoms with E-state index in [1.807, 2.05) is 14.1 Å². The standard InChI is InChI=1S/C48H55N9O9/c1-7-8-9-37-52-42-43(57(37)26-31-12-10-30(11-13-31)25-55(5)6)35-19-16-33(47(63)64)24-36(35)51-44(42)54-48(65)66-27-32-14-17-34(18-15-32)50-45(61)29(4)49-46(62)41(28(2)3)53-38(58)22-23-56-39(59)20-21-40(56)60/h10-21,24,28-29,41H,7-9,22-23,25-27H2,1-6H3,(H,49,62)(H,50,61)(H,53,58)(H,63,64)(H,51,54,65). The zero-order chi connectivity index (χ0) is 47.7. The smallest absolute Gasteiger partial charge is 0.413 e. The average Bonchev–Trinajstić information content (AvgIpc) is 3.81. The number of benzene rings is 3. The van der Waals surface area contributed by atoms with Crippen molar-refractivity contribution in [3.8, 4) is 0 Å². The van der Waals surface area contributed by atoms with Gasteiger partial charge in [0.25, 0.3) is 11.8 Å². The number of carbonyl (C=O) groups excluding carboxylic acids is 6. The number of fused-ring (bicyclic) bond motifs is 3. The Morgan fingerprint density at radius 2 is 1.48 bits per heavy atom. The van der Waals surface area contributed by atoms with Gasteiger partial charge in [-0.1, -0.05) is 63.6 Å². The van der Waals surface area contributed by atoms with Gasteiger partial charge in [-0.05, 0) is 80.4 Å². The number of ether oxygens (including phenoxy) is 1. The number of rotatable bonds is 20. The summed E-state index contributed by atoms with van der Waals surface area (Å²) in [5.41, 5.74) is 4.78. The summed E-state index contributed by atoms with van der Waals surface area (Å²) in [6, 6.07) is 17.6. The van der Waals surface area contributed by atoms with Gasteiger partial charge in [0.1, 0.15) is 30.0 Å². The summed E-state index contributed by atoms with van der Waals surface area (Å²) in [5.74, 6) is -3.21. The topological polar surface area (TPSA) is 234 Å². The van der Waals surface area contributed by atoms with Crippen LogP contribution < -0.4 is 21.3 Å². The van der Waals surface area contributed by atoms with E-state index >= 15 is 0 Å². The average molecular weight is 902 g/mol. The van der Waals surface area contributed by atoms with Crippen molar-refractivity contribution in [2.24, 2.45) is 5.92 Å². The third-order valence-corrected chi connectivity index (χ3v) is 10.9. The molecule has 3 aromatic carbocycles. The van der Waals surface area contributed by atoms with Gasteiger partial charge < -0.3 is 35.3 Å². The molecule has 18 heteroatoms. The van der Waals surface area contributed by atoms with Gasteiger partial charge in [0, 0.05) is 55.7 Å².